The van der Waals surface area contributed by atoms with Crippen LogP contribution in [0.25, 0.3) is 11.1 Å². The molecule has 0 saturated carbocycles. The van der Waals surface area contributed by atoms with Crippen LogP contribution in [0.15, 0.2) is 36.7 Å². The van der Waals surface area contributed by atoms with Gasteiger partial charge in [0.2, 0.25) is 0 Å². The Balaban J connectivity index is 2.36. The zero-order chi connectivity index (χ0) is 11.4. The van der Waals surface area contributed by atoms with Crippen LogP contribution >= 0.6 is 0 Å². The van der Waals surface area contributed by atoms with Crippen molar-refractivity contribution in [2.24, 2.45) is 0 Å². The first-order valence-electron chi connectivity index (χ1n) is 4.69. The Labute approximate surface area is 94.4 Å². The minimum absolute atomic E-state index is 0.622. The van der Waals surface area contributed by atoms with E-state index in [1.807, 2.05) is 12.1 Å². The minimum Gasteiger partial charge on any atom is -0.247 e. The lowest BCUT2D eigenvalue weighted by molar-refractivity contribution is 1.26. The minimum atomic E-state index is 0.622. The second-order valence-electron chi connectivity index (χ2n) is 3.15. The van der Waals surface area contributed by atoms with E-state index in [9.17, 15) is 0 Å². The molecule has 0 spiro atoms. The molecule has 2 heteroatoms. The van der Waals surface area contributed by atoms with Crippen LogP contribution in [0.3, 0.4) is 0 Å². The predicted octanol–water partition coefficient (Wildman–Crippen LogP) is 2.11. The molecule has 2 aromatic rings. The van der Waals surface area contributed by atoms with E-state index in [0.717, 1.165) is 11.1 Å². The monoisotopic (exact) mass is 204 g/mol. The Bertz CT molecular complexity index is 511. The molecule has 0 aromatic carbocycles. The van der Waals surface area contributed by atoms with Crippen molar-refractivity contribution in [1.29, 1.82) is 0 Å². The highest BCUT2D eigenvalue weighted by molar-refractivity contribution is 5.62. The molecule has 2 aromatic heterocycles. The van der Waals surface area contributed by atoms with Gasteiger partial charge in [-0.3, -0.25) is 0 Å². The molecule has 0 amide bonds. The Morgan fingerprint density at radius 3 is 1.44 bits per heavy atom. The average molecular weight is 204 g/mol. The molecular formula is C14H8N2. The molecule has 0 aliphatic heterocycles. The quantitative estimate of drug-likeness (QED) is 0.665. The number of terminal acetylenes is 2. The lowest BCUT2D eigenvalue weighted by atomic mass is 10.1. The van der Waals surface area contributed by atoms with Crippen LogP contribution in [0.5, 0.6) is 0 Å². The SMILES string of the molecule is C#Cc1ccc(-c2ccc(C#C)nc2)cn1. The lowest BCUT2D eigenvalue weighted by Crippen LogP contribution is -1.86. The summed E-state index contributed by atoms with van der Waals surface area (Å²) in [7, 11) is 0. The summed E-state index contributed by atoms with van der Waals surface area (Å²) >= 11 is 0. The van der Waals surface area contributed by atoms with Crippen LogP contribution in [0.4, 0.5) is 0 Å². The zero-order valence-electron chi connectivity index (χ0n) is 8.51. The van der Waals surface area contributed by atoms with Gasteiger partial charge in [0.15, 0.2) is 0 Å². The summed E-state index contributed by atoms with van der Waals surface area (Å²) in [5.41, 5.74) is 3.18. The van der Waals surface area contributed by atoms with Gasteiger partial charge >= 0.3 is 0 Å². The molecule has 16 heavy (non-hydrogen) atoms. The van der Waals surface area contributed by atoms with Crippen molar-refractivity contribution in [3.63, 3.8) is 0 Å². The fourth-order valence-electron chi connectivity index (χ4n) is 1.30. The molecule has 0 aliphatic rings. The van der Waals surface area contributed by atoms with Gasteiger partial charge in [-0.15, -0.1) is 12.8 Å². The third-order valence-corrected chi connectivity index (χ3v) is 2.16. The van der Waals surface area contributed by atoms with E-state index in [0.29, 0.717) is 11.4 Å². The maximum atomic E-state index is 5.23. The Morgan fingerprint density at radius 2 is 1.19 bits per heavy atom. The molecule has 0 radical (unpaired) electrons. The van der Waals surface area contributed by atoms with Gasteiger partial charge in [0, 0.05) is 23.5 Å². The third kappa shape index (κ3) is 1.92. The molecule has 0 aliphatic carbocycles. The van der Waals surface area contributed by atoms with Crippen LogP contribution in [0, 0.1) is 24.7 Å². The van der Waals surface area contributed by atoms with E-state index in [4.69, 9.17) is 12.8 Å². The van der Waals surface area contributed by atoms with Gasteiger partial charge in [-0.2, -0.15) is 0 Å². The summed E-state index contributed by atoms with van der Waals surface area (Å²) in [6.07, 6.45) is 13.9. The number of hydrogen-bond donors (Lipinski definition) is 0. The fourth-order valence-corrected chi connectivity index (χ4v) is 1.30. The maximum absolute atomic E-state index is 5.23. The van der Waals surface area contributed by atoms with Crippen molar-refractivity contribution < 1.29 is 0 Å². The molecule has 2 rings (SSSR count). The topological polar surface area (TPSA) is 25.8 Å². The second kappa shape index (κ2) is 4.29. The van der Waals surface area contributed by atoms with Crippen LogP contribution in [0.1, 0.15) is 11.4 Å². The van der Waals surface area contributed by atoms with Gasteiger partial charge in [-0.1, -0.05) is 11.8 Å². The van der Waals surface area contributed by atoms with E-state index in [-0.39, 0.29) is 0 Å². The van der Waals surface area contributed by atoms with E-state index >= 15 is 0 Å². The Morgan fingerprint density at radius 1 is 0.750 bits per heavy atom. The number of hydrogen-bond acceptors (Lipinski definition) is 2. The number of nitrogens with zero attached hydrogens (tertiary/aromatic N) is 2. The van der Waals surface area contributed by atoms with Crippen molar-refractivity contribution in [2.75, 3.05) is 0 Å². The van der Waals surface area contributed by atoms with Crippen molar-refractivity contribution in [2.45, 2.75) is 0 Å². The molecule has 0 saturated heterocycles. The van der Waals surface area contributed by atoms with Gasteiger partial charge in [0.1, 0.15) is 11.4 Å². The first-order chi connectivity index (χ1) is 7.83. The molecule has 0 unspecified atom stereocenters. The van der Waals surface area contributed by atoms with Crippen molar-refractivity contribution in [3.8, 4) is 35.8 Å². The molecule has 74 valence electrons. The summed E-state index contributed by atoms with van der Waals surface area (Å²) in [4.78, 5) is 8.22. The molecule has 0 bridgehead atoms. The fraction of sp³-hybridized carbons (Fsp3) is 0. The van der Waals surface area contributed by atoms with Crippen molar-refractivity contribution in [1.82, 2.24) is 9.97 Å². The molecular weight excluding hydrogens is 196 g/mol. The van der Waals surface area contributed by atoms with Gasteiger partial charge in [0.25, 0.3) is 0 Å². The summed E-state index contributed by atoms with van der Waals surface area (Å²) in [6, 6.07) is 7.42. The van der Waals surface area contributed by atoms with Crippen LogP contribution < -0.4 is 0 Å². The van der Waals surface area contributed by atoms with Gasteiger partial charge < -0.3 is 0 Å². The highest BCUT2D eigenvalue weighted by atomic mass is 14.7. The summed E-state index contributed by atoms with van der Waals surface area (Å²) < 4.78 is 0. The van der Waals surface area contributed by atoms with Crippen LogP contribution in [-0.2, 0) is 0 Å². The van der Waals surface area contributed by atoms with Crippen molar-refractivity contribution >= 4 is 0 Å². The number of rotatable bonds is 1. The molecule has 2 heterocycles. The lowest BCUT2D eigenvalue weighted by Gasteiger charge is -2.00. The molecule has 0 fully saturated rings. The largest absolute Gasteiger partial charge is 0.247 e. The van der Waals surface area contributed by atoms with E-state index in [1.165, 1.54) is 0 Å². The maximum Gasteiger partial charge on any atom is 0.112 e. The van der Waals surface area contributed by atoms with Gasteiger partial charge in [0.05, 0.1) is 0 Å². The Kier molecular flexibility index (Phi) is 2.67. The van der Waals surface area contributed by atoms with Crippen molar-refractivity contribution in [3.05, 3.63) is 48.0 Å². The highest BCUT2D eigenvalue weighted by Crippen LogP contribution is 2.17. The molecule has 0 atom stereocenters. The van der Waals surface area contributed by atoms with Gasteiger partial charge in [-0.25, -0.2) is 9.97 Å². The predicted molar refractivity (Wildman–Crippen MR) is 63.3 cm³/mol. The smallest absolute Gasteiger partial charge is 0.112 e. The van der Waals surface area contributed by atoms with Gasteiger partial charge in [-0.05, 0) is 24.3 Å². The normalized spacial score (nSPS) is 9.12. The molecule has 0 N–H and O–H groups in total. The summed E-state index contributed by atoms with van der Waals surface area (Å²) in [5.74, 6) is 4.94. The van der Waals surface area contributed by atoms with Crippen LogP contribution in [0.2, 0.25) is 0 Å². The van der Waals surface area contributed by atoms with E-state index < -0.39 is 0 Å². The molecule has 2 nitrogen and oxygen atoms in total. The second-order valence-corrected chi connectivity index (χ2v) is 3.15. The number of pyridine rings is 2. The summed E-state index contributed by atoms with van der Waals surface area (Å²) in [6.45, 7) is 0. The summed E-state index contributed by atoms with van der Waals surface area (Å²) in [5, 5.41) is 0. The average Bonchev–Trinajstić information content (AvgIpc) is 2.39. The Hall–Kier alpha value is -2.58. The van der Waals surface area contributed by atoms with E-state index in [2.05, 4.69) is 21.8 Å². The van der Waals surface area contributed by atoms with E-state index in [1.54, 1.807) is 24.5 Å². The standard InChI is InChI=1S/C14H8N2/c1-3-13-7-5-11(9-15-13)12-6-8-14(4-2)16-10-12/h1-2,5-10H. The number of aromatic nitrogens is 2. The third-order valence-electron chi connectivity index (χ3n) is 2.16. The van der Waals surface area contributed by atoms with Crippen LogP contribution in [-0.4, -0.2) is 9.97 Å². The first-order valence-corrected chi connectivity index (χ1v) is 4.69. The zero-order valence-corrected chi connectivity index (χ0v) is 8.51. The first kappa shape index (κ1) is 9.96. The highest BCUT2D eigenvalue weighted by Gasteiger charge is 1.98.